The fraction of sp³-hybridized carbons (Fsp3) is 0.583. The van der Waals surface area contributed by atoms with Crippen LogP contribution in [0, 0.1) is 5.82 Å². The summed E-state index contributed by atoms with van der Waals surface area (Å²) in [6.07, 6.45) is 6.28. The molecule has 2 rings (SSSR count). The van der Waals surface area contributed by atoms with Gasteiger partial charge in [-0.3, -0.25) is 9.82 Å². The summed E-state index contributed by atoms with van der Waals surface area (Å²) in [5.74, 6) is -0.312. The molecule has 16 heavy (non-hydrogen) atoms. The van der Waals surface area contributed by atoms with Crippen LogP contribution in [0.5, 0.6) is 0 Å². The first kappa shape index (κ1) is 11.5. The van der Waals surface area contributed by atoms with Gasteiger partial charge in [0.25, 0.3) is 0 Å². The first-order valence-electron chi connectivity index (χ1n) is 5.78. The number of rotatable bonds is 4. The number of hydroxylamine groups is 1. The molecule has 0 spiro atoms. The molecular weight excluding hydrogens is 207 g/mol. The van der Waals surface area contributed by atoms with Gasteiger partial charge in [-0.05, 0) is 31.9 Å². The molecule has 88 valence electrons. The third-order valence-electron chi connectivity index (χ3n) is 2.91. The highest BCUT2D eigenvalue weighted by Gasteiger charge is 2.17. The Kier molecular flexibility index (Phi) is 3.85. The van der Waals surface area contributed by atoms with Crippen LogP contribution in [-0.4, -0.2) is 11.1 Å². The van der Waals surface area contributed by atoms with Crippen molar-refractivity contribution in [1.29, 1.82) is 0 Å². The first-order chi connectivity index (χ1) is 7.75. The SMILES string of the molecule is CC(NOC1CCCC1)c1ccc(F)cn1. The minimum absolute atomic E-state index is 0.0128. The summed E-state index contributed by atoms with van der Waals surface area (Å²) in [5, 5.41) is 0. The van der Waals surface area contributed by atoms with Crippen molar-refractivity contribution < 1.29 is 9.23 Å². The van der Waals surface area contributed by atoms with E-state index in [0.717, 1.165) is 18.5 Å². The summed E-state index contributed by atoms with van der Waals surface area (Å²) >= 11 is 0. The van der Waals surface area contributed by atoms with Crippen molar-refractivity contribution >= 4 is 0 Å². The molecular formula is C12H17FN2O. The number of nitrogens with one attached hydrogen (secondary N) is 1. The van der Waals surface area contributed by atoms with E-state index < -0.39 is 0 Å². The van der Waals surface area contributed by atoms with Gasteiger partial charge in [0.05, 0.1) is 24.0 Å². The van der Waals surface area contributed by atoms with Crippen LogP contribution in [0.2, 0.25) is 0 Å². The highest BCUT2D eigenvalue weighted by molar-refractivity contribution is 5.08. The molecule has 0 aliphatic heterocycles. The molecule has 1 atom stereocenters. The van der Waals surface area contributed by atoms with Gasteiger partial charge in [0.2, 0.25) is 0 Å². The van der Waals surface area contributed by atoms with Crippen molar-refractivity contribution in [3.63, 3.8) is 0 Å². The molecule has 4 heteroatoms. The van der Waals surface area contributed by atoms with E-state index >= 15 is 0 Å². The molecule has 1 aromatic heterocycles. The van der Waals surface area contributed by atoms with Gasteiger partial charge in [-0.1, -0.05) is 12.8 Å². The molecule has 1 saturated carbocycles. The second-order valence-electron chi connectivity index (χ2n) is 4.27. The Morgan fingerprint density at radius 2 is 2.19 bits per heavy atom. The Morgan fingerprint density at radius 3 is 2.81 bits per heavy atom. The standard InChI is InChI=1S/C12H17FN2O/c1-9(12-7-6-10(13)8-14-12)15-16-11-4-2-3-5-11/h6-9,11,15H,2-5H2,1H3. The fourth-order valence-electron chi connectivity index (χ4n) is 1.91. The average molecular weight is 224 g/mol. The molecule has 0 bridgehead atoms. The molecule has 3 nitrogen and oxygen atoms in total. The van der Waals surface area contributed by atoms with Gasteiger partial charge in [-0.15, -0.1) is 0 Å². The zero-order valence-corrected chi connectivity index (χ0v) is 9.45. The predicted octanol–water partition coefficient (Wildman–Crippen LogP) is 2.75. The molecule has 1 aliphatic rings. The second-order valence-corrected chi connectivity index (χ2v) is 4.27. The van der Waals surface area contributed by atoms with E-state index in [9.17, 15) is 4.39 Å². The van der Waals surface area contributed by atoms with Crippen molar-refractivity contribution in [3.05, 3.63) is 29.8 Å². The van der Waals surface area contributed by atoms with E-state index in [-0.39, 0.29) is 11.9 Å². The maximum absolute atomic E-state index is 12.7. The van der Waals surface area contributed by atoms with E-state index in [1.807, 2.05) is 6.92 Å². The number of hydrogen-bond acceptors (Lipinski definition) is 3. The van der Waals surface area contributed by atoms with Gasteiger partial charge >= 0.3 is 0 Å². The molecule has 1 fully saturated rings. The van der Waals surface area contributed by atoms with Crippen LogP contribution in [0.1, 0.15) is 44.3 Å². The lowest BCUT2D eigenvalue weighted by Crippen LogP contribution is -2.25. The lowest BCUT2D eigenvalue weighted by atomic mass is 10.2. The molecule has 1 heterocycles. The van der Waals surface area contributed by atoms with Crippen molar-refractivity contribution in [1.82, 2.24) is 10.5 Å². The maximum atomic E-state index is 12.7. The van der Waals surface area contributed by atoms with Gasteiger partial charge in [0.15, 0.2) is 0 Å². The van der Waals surface area contributed by atoms with Crippen LogP contribution in [0.15, 0.2) is 18.3 Å². The summed E-state index contributed by atoms with van der Waals surface area (Å²) in [5.41, 5.74) is 3.77. The Hall–Kier alpha value is -1.00. The normalized spacial score (nSPS) is 18.9. The summed E-state index contributed by atoms with van der Waals surface area (Å²) in [6.45, 7) is 1.95. The lowest BCUT2D eigenvalue weighted by molar-refractivity contribution is -0.0383. The van der Waals surface area contributed by atoms with Crippen molar-refractivity contribution in [2.75, 3.05) is 0 Å². The fourth-order valence-corrected chi connectivity index (χ4v) is 1.91. The number of nitrogens with zero attached hydrogens (tertiary/aromatic N) is 1. The molecule has 0 saturated heterocycles. The van der Waals surface area contributed by atoms with Crippen LogP contribution >= 0.6 is 0 Å². The molecule has 0 aromatic carbocycles. The lowest BCUT2D eigenvalue weighted by Gasteiger charge is -2.16. The van der Waals surface area contributed by atoms with E-state index in [4.69, 9.17) is 4.84 Å². The van der Waals surface area contributed by atoms with Crippen LogP contribution in [0.3, 0.4) is 0 Å². The predicted molar refractivity (Wildman–Crippen MR) is 59.1 cm³/mol. The maximum Gasteiger partial charge on any atom is 0.141 e. The van der Waals surface area contributed by atoms with Crippen LogP contribution in [-0.2, 0) is 4.84 Å². The average Bonchev–Trinajstić information content (AvgIpc) is 2.80. The molecule has 1 aliphatic carbocycles. The largest absolute Gasteiger partial charge is 0.298 e. The van der Waals surface area contributed by atoms with Crippen LogP contribution in [0.25, 0.3) is 0 Å². The molecule has 1 aromatic rings. The van der Waals surface area contributed by atoms with Gasteiger partial charge in [0, 0.05) is 0 Å². The van der Waals surface area contributed by atoms with Gasteiger partial charge < -0.3 is 0 Å². The second kappa shape index (κ2) is 5.37. The van der Waals surface area contributed by atoms with Gasteiger partial charge in [0.1, 0.15) is 5.82 Å². The zero-order chi connectivity index (χ0) is 11.4. The first-order valence-corrected chi connectivity index (χ1v) is 5.78. The van der Waals surface area contributed by atoms with Crippen molar-refractivity contribution in [2.24, 2.45) is 0 Å². The van der Waals surface area contributed by atoms with E-state index in [2.05, 4.69) is 10.5 Å². The molecule has 1 N–H and O–H groups in total. The highest BCUT2D eigenvalue weighted by atomic mass is 19.1. The minimum Gasteiger partial charge on any atom is -0.298 e. The Morgan fingerprint density at radius 1 is 1.44 bits per heavy atom. The summed E-state index contributed by atoms with van der Waals surface area (Å²) < 4.78 is 12.7. The number of aromatic nitrogens is 1. The molecule has 0 radical (unpaired) electrons. The Balaban J connectivity index is 1.82. The van der Waals surface area contributed by atoms with Crippen molar-refractivity contribution in [3.8, 4) is 0 Å². The minimum atomic E-state index is -0.312. The number of pyridine rings is 1. The molecule has 0 amide bonds. The number of hydrogen-bond donors (Lipinski definition) is 1. The van der Waals surface area contributed by atoms with E-state index in [1.165, 1.54) is 25.1 Å². The van der Waals surface area contributed by atoms with Crippen LogP contribution in [0.4, 0.5) is 4.39 Å². The zero-order valence-electron chi connectivity index (χ0n) is 9.45. The monoisotopic (exact) mass is 224 g/mol. The Bertz CT molecular complexity index is 322. The topological polar surface area (TPSA) is 34.1 Å². The van der Waals surface area contributed by atoms with E-state index in [1.54, 1.807) is 6.07 Å². The highest BCUT2D eigenvalue weighted by Crippen LogP contribution is 2.21. The smallest absolute Gasteiger partial charge is 0.141 e. The number of halogens is 1. The summed E-state index contributed by atoms with van der Waals surface area (Å²) in [7, 11) is 0. The third kappa shape index (κ3) is 3.00. The van der Waals surface area contributed by atoms with Crippen molar-refractivity contribution in [2.45, 2.75) is 44.8 Å². The Labute approximate surface area is 95.0 Å². The van der Waals surface area contributed by atoms with Gasteiger partial charge in [-0.25, -0.2) is 4.39 Å². The third-order valence-corrected chi connectivity index (χ3v) is 2.91. The molecule has 1 unspecified atom stereocenters. The van der Waals surface area contributed by atoms with Gasteiger partial charge in [-0.2, -0.15) is 5.48 Å². The van der Waals surface area contributed by atoms with E-state index in [0.29, 0.717) is 6.10 Å². The quantitative estimate of drug-likeness (QED) is 0.798. The van der Waals surface area contributed by atoms with Crippen LogP contribution < -0.4 is 5.48 Å². The summed E-state index contributed by atoms with van der Waals surface area (Å²) in [6, 6.07) is 3.07. The summed E-state index contributed by atoms with van der Waals surface area (Å²) in [4.78, 5) is 9.57.